The molecule has 1 aliphatic rings. The maximum Gasteiger partial charge on any atom is 0.248 e. The van der Waals surface area contributed by atoms with E-state index in [0.29, 0.717) is 10.9 Å². The third-order valence-corrected chi connectivity index (χ3v) is 6.07. The molecule has 0 aliphatic carbocycles. The number of benzene rings is 2. The number of hydrogen-bond acceptors (Lipinski definition) is 6. The molecule has 1 aliphatic heterocycles. The topological polar surface area (TPSA) is 74.3 Å². The number of para-hydroxylation sites is 1. The van der Waals surface area contributed by atoms with Crippen molar-refractivity contribution in [3.63, 3.8) is 0 Å². The van der Waals surface area contributed by atoms with Gasteiger partial charge in [0.05, 0.1) is 22.5 Å². The van der Waals surface area contributed by atoms with E-state index in [1.165, 1.54) is 16.3 Å². The monoisotopic (exact) mass is 384 g/mol. The minimum Gasteiger partial charge on any atom is -0.301 e. The maximum absolute atomic E-state index is 12.2. The predicted molar refractivity (Wildman–Crippen MR) is 105 cm³/mol. The Morgan fingerprint density at radius 1 is 1.15 bits per heavy atom. The normalized spacial score (nSPS) is 17.0. The lowest BCUT2D eigenvalue weighted by molar-refractivity contribution is -0.131. The molecule has 1 unspecified atom stereocenters. The number of thiazole rings is 1. The van der Waals surface area contributed by atoms with Crippen LogP contribution in [0.2, 0.25) is 0 Å². The highest BCUT2D eigenvalue weighted by Crippen LogP contribution is 2.36. The Labute approximate surface area is 158 Å². The van der Waals surface area contributed by atoms with E-state index in [1.807, 2.05) is 54.6 Å². The third kappa shape index (κ3) is 3.57. The summed E-state index contributed by atoms with van der Waals surface area (Å²) in [5, 5.41) is 4.75. The van der Waals surface area contributed by atoms with Crippen molar-refractivity contribution in [1.29, 1.82) is 0 Å². The second kappa shape index (κ2) is 7.45. The Kier molecular flexibility index (Phi) is 4.87. The number of aromatic nitrogens is 1. The van der Waals surface area contributed by atoms with Gasteiger partial charge in [0.2, 0.25) is 11.8 Å². The fraction of sp³-hybridized carbons (Fsp3) is 0.167. The molecule has 26 heavy (non-hydrogen) atoms. The molecule has 0 saturated carbocycles. The molecular formula is C18H16N4O2S2. The third-order valence-electron chi connectivity index (χ3n) is 3.90. The molecule has 2 aromatic carbocycles. The van der Waals surface area contributed by atoms with Gasteiger partial charge in [-0.2, -0.15) is 0 Å². The van der Waals surface area contributed by atoms with Gasteiger partial charge in [0.15, 0.2) is 5.13 Å². The first-order chi connectivity index (χ1) is 12.7. The van der Waals surface area contributed by atoms with Gasteiger partial charge in [0.25, 0.3) is 0 Å². The number of carbonyl (C=O) groups excluding carboxylic acids is 2. The van der Waals surface area contributed by atoms with Gasteiger partial charge in [-0.15, -0.1) is 11.8 Å². The molecule has 2 N–H and O–H groups in total. The van der Waals surface area contributed by atoms with Gasteiger partial charge < -0.3 is 5.32 Å². The largest absolute Gasteiger partial charge is 0.301 e. The van der Waals surface area contributed by atoms with E-state index in [9.17, 15) is 9.59 Å². The van der Waals surface area contributed by atoms with Crippen LogP contribution in [0.15, 0.2) is 54.6 Å². The van der Waals surface area contributed by atoms with Crippen LogP contribution in [-0.2, 0) is 9.59 Å². The molecule has 2 heterocycles. The van der Waals surface area contributed by atoms with Gasteiger partial charge in [-0.1, -0.05) is 53.8 Å². The van der Waals surface area contributed by atoms with Gasteiger partial charge in [0.1, 0.15) is 5.37 Å². The Morgan fingerprint density at radius 3 is 2.73 bits per heavy atom. The lowest BCUT2D eigenvalue weighted by atomic mass is 10.2. The molecule has 0 spiro atoms. The van der Waals surface area contributed by atoms with Crippen molar-refractivity contribution in [2.75, 3.05) is 17.6 Å². The van der Waals surface area contributed by atoms with Gasteiger partial charge in [-0.3, -0.25) is 14.6 Å². The molecule has 132 valence electrons. The second-order valence-corrected chi connectivity index (χ2v) is 7.81. The second-order valence-electron chi connectivity index (χ2n) is 5.71. The summed E-state index contributed by atoms with van der Waals surface area (Å²) in [6.07, 6.45) is 0. The number of nitrogens with one attached hydrogen (secondary N) is 2. The summed E-state index contributed by atoms with van der Waals surface area (Å²) in [7, 11) is 0. The zero-order valence-electron chi connectivity index (χ0n) is 13.7. The van der Waals surface area contributed by atoms with Crippen LogP contribution in [-0.4, -0.2) is 34.1 Å². The molecule has 0 bridgehead atoms. The first-order valence-corrected chi connectivity index (χ1v) is 9.95. The minimum absolute atomic E-state index is 0.00551. The first-order valence-electron chi connectivity index (χ1n) is 8.08. The molecule has 1 saturated heterocycles. The number of anilines is 1. The molecule has 8 heteroatoms. The number of carbonyl (C=O) groups is 2. The van der Waals surface area contributed by atoms with E-state index in [4.69, 9.17) is 0 Å². The molecule has 4 rings (SSSR count). The molecule has 1 fully saturated rings. The fourth-order valence-electron chi connectivity index (χ4n) is 2.71. The van der Waals surface area contributed by atoms with Crippen LogP contribution < -0.4 is 10.7 Å². The summed E-state index contributed by atoms with van der Waals surface area (Å²) < 4.78 is 1.02. The van der Waals surface area contributed by atoms with Gasteiger partial charge in [-0.05, 0) is 17.7 Å². The van der Waals surface area contributed by atoms with Gasteiger partial charge in [-0.25, -0.2) is 10.4 Å². The summed E-state index contributed by atoms with van der Waals surface area (Å²) in [6.45, 7) is 0.00551. The Balaban J connectivity index is 1.39. The van der Waals surface area contributed by atoms with Crippen molar-refractivity contribution in [2.24, 2.45) is 0 Å². The average Bonchev–Trinajstić information content (AvgIpc) is 3.23. The summed E-state index contributed by atoms with van der Waals surface area (Å²) in [6, 6.07) is 17.5. The quantitative estimate of drug-likeness (QED) is 0.707. The van der Waals surface area contributed by atoms with Crippen LogP contribution >= 0.6 is 23.1 Å². The minimum atomic E-state index is -0.236. The van der Waals surface area contributed by atoms with E-state index in [2.05, 4.69) is 15.7 Å². The van der Waals surface area contributed by atoms with Crippen molar-refractivity contribution in [3.8, 4) is 0 Å². The Morgan fingerprint density at radius 2 is 1.92 bits per heavy atom. The van der Waals surface area contributed by atoms with Crippen LogP contribution in [0, 0.1) is 0 Å². The molecule has 1 atom stereocenters. The zero-order chi connectivity index (χ0) is 17.9. The molecule has 1 aromatic heterocycles. The van der Waals surface area contributed by atoms with Crippen LogP contribution in [0.4, 0.5) is 5.13 Å². The number of hydrogen-bond donors (Lipinski definition) is 2. The smallest absolute Gasteiger partial charge is 0.248 e. The molecule has 2 amide bonds. The summed E-state index contributed by atoms with van der Waals surface area (Å²) in [5.74, 6) is 0.128. The van der Waals surface area contributed by atoms with E-state index < -0.39 is 0 Å². The summed E-state index contributed by atoms with van der Waals surface area (Å²) >= 11 is 2.97. The van der Waals surface area contributed by atoms with Gasteiger partial charge >= 0.3 is 0 Å². The van der Waals surface area contributed by atoms with Crippen molar-refractivity contribution >= 4 is 50.3 Å². The van der Waals surface area contributed by atoms with Crippen molar-refractivity contribution < 1.29 is 9.59 Å². The van der Waals surface area contributed by atoms with Crippen molar-refractivity contribution in [2.45, 2.75) is 5.37 Å². The van der Waals surface area contributed by atoms with E-state index in [0.717, 1.165) is 15.8 Å². The van der Waals surface area contributed by atoms with Gasteiger partial charge in [0, 0.05) is 0 Å². The number of rotatable bonds is 5. The molecule has 0 radical (unpaired) electrons. The van der Waals surface area contributed by atoms with Crippen molar-refractivity contribution in [1.82, 2.24) is 15.4 Å². The zero-order valence-corrected chi connectivity index (χ0v) is 15.3. The standard InChI is InChI=1S/C18H16N4O2S2/c23-15(21-18-20-13-8-4-5-9-14(13)26-18)10-19-22-16(24)11-25-17(22)12-6-2-1-3-7-12/h1-9,17,19H,10-11H2,(H,20,21,23). The number of amides is 2. The van der Waals surface area contributed by atoms with Crippen molar-refractivity contribution in [3.05, 3.63) is 60.2 Å². The number of thioether (sulfide) groups is 1. The molecule has 6 nitrogen and oxygen atoms in total. The molecule has 3 aromatic rings. The number of nitrogens with zero attached hydrogens (tertiary/aromatic N) is 2. The van der Waals surface area contributed by atoms with E-state index in [-0.39, 0.29) is 23.7 Å². The van der Waals surface area contributed by atoms with Crippen LogP contribution in [0.25, 0.3) is 10.2 Å². The maximum atomic E-state index is 12.2. The Bertz CT molecular complexity index is 912. The highest BCUT2D eigenvalue weighted by atomic mass is 32.2. The summed E-state index contributed by atoms with van der Waals surface area (Å²) in [4.78, 5) is 28.8. The Hall–Kier alpha value is -2.42. The lowest BCUT2D eigenvalue weighted by Crippen LogP contribution is -2.44. The van der Waals surface area contributed by atoms with E-state index in [1.54, 1.807) is 11.8 Å². The lowest BCUT2D eigenvalue weighted by Gasteiger charge is -2.24. The van der Waals surface area contributed by atoms with Crippen LogP contribution in [0.1, 0.15) is 10.9 Å². The van der Waals surface area contributed by atoms with Crippen LogP contribution in [0.5, 0.6) is 0 Å². The SMILES string of the molecule is O=C(CNN1C(=O)CSC1c1ccccc1)Nc1nc2ccccc2s1. The summed E-state index contributed by atoms with van der Waals surface area (Å²) in [5.41, 5.74) is 4.85. The van der Waals surface area contributed by atoms with E-state index >= 15 is 0 Å². The number of fused-ring (bicyclic) bond motifs is 1. The highest BCUT2D eigenvalue weighted by Gasteiger charge is 2.33. The highest BCUT2D eigenvalue weighted by molar-refractivity contribution is 8.00. The number of hydrazine groups is 1. The first kappa shape index (κ1) is 17.0. The average molecular weight is 384 g/mol. The predicted octanol–water partition coefficient (Wildman–Crippen LogP) is 3.01. The molecular weight excluding hydrogens is 368 g/mol. The fourth-order valence-corrected chi connectivity index (χ4v) is 4.72. The van der Waals surface area contributed by atoms with Crippen LogP contribution in [0.3, 0.4) is 0 Å².